The molecule has 3 heterocycles. The number of hydrogen-bond acceptors (Lipinski definition) is 4. The highest BCUT2D eigenvalue weighted by Crippen LogP contribution is 2.28. The summed E-state index contributed by atoms with van der Waals surface area (Å²) in [6, 6.07) is 0.151. The number of aromatic nitrogens is 2. The lowest BCUT2D eigenvalue weighted by atomic mass is 9.90. The molecule has 2 N–H and O–H groups in total. The smallest absolute Gasteiger partial charge is 0.225 e. The highest BCUT2D eigenvalue weighted by molar-refractivity contribution is 5.85. The zero-order valence-electron chi connectivity index (χ0n) is 12.4. The Morgan fingerprint density at radius 3 is 2.95 bits per heavy atom. The average Bonchev–Trinajstić information content (AvgIpc) is 3.11. The van der Waals surface area contributed by atoms with Crippen molar-refractivity contribution in [3.05, 3.63) is 18.0 Å². The lowest BCUT2D eigenvalue weighted by Crippen LogP contribution is -2.43. The number of ether oxygens (including phenoxy) is 1. The largest absolute Gasteiger partial charge is 0.376 e. The van der Waals surface area contributed by atoms with Gasteiger partial charge < -0.3 is 15.4 Å². The summed E-state index contributed by atoms with van der Waals surface area (Å²) in [6.45, 7) is 4.32. The topological polar surface area (TPSA) is 68.2 Å². The van der Waals surface area contributed by atoms with Crippen LogP contribution >= 0.6 is 12.4 Å². The van der Waals surface area contributed by atoms with Gasteiger partial charge in [-0.25, -0.2) is 0 Å². The standard InChI is InChI=1S/C14H22N4O2.ClH/c1-9-13(3-4-20-9)17-14(19)12-7-15-6-11(12)10-5-16-18(2)8-10;/h5,8-9,11-13,15H,3-4,6-7H2,1-2H3,(H,17,19);1H/t9?,11-,12+,13?;/m1./s1. The second-order valence-corrected chi connectivity index (χ2v) is 5.80. The first-order valence-electron chi connectivity index (χ1n) is 7.26. The van der Waals surface area contributed by atoms with Crippen molar-refractivity contribution in [2.24, 2.45) is 13.0 Å². The van der Waals surface area contributed by atoms with E-state index in [-0.39, 0.29) is 42.3 Å². The Bertz CT molecular complexity index is 493. The first-order valence-corrected chi connectivity index (χ1v) is 7.26. The van der Waals surface area contributed by atoms with Crippen molar-refractivity contribution < 1.29 is 9.53 Å². The Morgan fingerprint density at radius 1 is 1.52 bits per heavy atom. The molecule has 2 aliphatic heterocycles. The number of amides is 1. The third kappa shape index (κ3) is 3.39. The van der Waals surface area contributed by atoms with Gasteiger partial charge in [-0.05, 0) is 18.9 Å². The summed E-state index contributed by atoms with van der Waals surface area (Å²) >= 11 is 0. The molecule has 1 aromatic heterocycles. The van der Waals surface area contributed by atoms with Gasteiger partial charge in [0.15, 0.2) is 0 Å². The first kappa shape index (κ1) is 16.3. The number of carbonyl (C=O) groups is 1. The Kier molecular flexibility index (Phi) is 5.24. The Hall–Kier alpha value is -1.11. The molecule has 0 bridgehead atoms. The number of halogens is 1. The number of nitrogens with zero attached hydrogens (tertiary/aromatic N) is 2. The number of nitrogens with one attached hydrogen (secondary N) is 2. The molecule has 21 heavy (non-hydrogen) atoms. The van der Waals surface area contributed by atoms with Crippen molar-refractivity contribution in [2.75, 3.05) is 19.7 Å². The summed E-state index contributed by atoms with van der Waals surface area (Å²) in [5.74, 6) is 0.319. The monoisotopic (exact) mass is 314 g/mol. The fraction of sp³-hybridized carbons (Fsp3) is 0.714. The zero-order valence-corrected chi connectivity index (χ0v) is 13.2. The van der Waals surface area contributed by atoms with Gasteiger partial charge in [-0.3, -0.25) is 9.48 Å². The van der Waals surface area contributed by atoms with Gasteiger partial charge in [0.2, 0.25) is 5.91 Å². The van der Waals surface area contributed by atoms with Crippen LogP contribution in [0.1, 0.15) is 24.8 Å². The van der Waals surface area contributed by atoms with Gasteiger partial charge >= 0.3 is 0 Å². The molecule has 2 saturated heterocycles. The second-order valence-electron chi connectivity index (χ2n) is 5.80. The molecule has 2 fully saturated rings. The molecule has 4 atom stereocenters. The molecule has 2 aliphatic rings. The first-order chi connectivity index (χ1) is 9.65. The van der Waals surface area contributed by atoms with Crippen LogP contribution in [-0.4, -0.2) is 47.5 Å². The predicted octanol–water partition coefficient (Wildman–Crippen LogP) is 0.439. The van der Waals surface area contributed by atoms with E-state index in [4.69, 9.17) is 4.74 Å². The van der Waals surface area contributed by atoms with Gasteiger partial charge in [-0.15, -0.1) is 12.4 Å². The van der Waals surface area contributed by atoms with E-state index in [1.54, 1.807) is 4.68 Å². The molecule has 0 aliphatic carbocycles. The maximum Gasteiger partial charge on any atom is 0.225 e. The fourth-order valence-corrected chi connectivity index (χ4v) is 3.15. The molecule has 0 aromatic carbocycles. The van der Waals surface area contributed by atoms with Crippen LogP contribution in [0.5, 0.6) is 0 Å². The second kappa shape index (κ2) is 6.77. The van der Waals surface area contributed by atoms with E-state index in [9.17, 15) is 4.79 Å². The van der Waals surface area contributed by atoms with Crippen LogP contribution in [0.3, 0.4) is 0 Å². The molecule has 0 saturated carbocycles. The van der Waals surface area contributed by atoms with Crippen LogP contribution in [0, 0.1) is 5.92 Å². The van der Waals surface area contributed by atoms with Gasteiger partial charge in [0, 0.05) is 38.9 Å². The molecule has 2 unspecified atom stereocenters. The van der Waals surface area contributed by atoms with Crippen LogP contribution in [-0.2, 0) is 16.6 Å². The summed E-state index contributed by atoms with van der Waals surface area (Å²) in [6.07, 6.45) is 4.88. The third-order valence-electron chi connectivity index (χ3n) is 4.41. The van der Waals surface area contributed by atoms with Gasteiger partial charge in [0.05, 0.1) is 24.3 Å². The van der Waals surface area contributed by atoms with Gasteiger partial charge in [-0.2, -0.15) is 5.10 Å². The summed E-state index contributed by atoms with van der Waals surface area (Å²) in [5, 5.41) is 10.7. The molecule has 6 nitrogen and oxygen atoms in total. The van der Waals surface area contributed by atoms with Crippen LogP contribution in [0.2, 0.25) is 0 Å². The quantitative estimate of drug-likeness (QED) is 0.849. The van der Waals surface area contributed by atoms with E-state index >= 15 is 0 Å². The van der Waals surface area contributed by atoms with Gasteiger partial charge in [-0.1, -0.05) is 0 Å². The molecule has 1 amide bonds. The van der Waals surface area contributed by atoms with E-state index in [1.807, 2.05) is 26.4 Å². The van der Waals surface area contributed by atoms with Gasteiger partial charge in [0.1, 0.15) is 0 Å². The van der Waals surface area contributed by atoms with Crippen LogP contribution in [0.15, 0.2) is 12.4 Å². The molecule has 0 spiro atoms. The van der Waals surface area contributed by atoms with Crippen molar-refractivity contribution in [1.29, 1.82) is 0 Å². The lowest BCUT2D eigenvalue weighted by molar-refractivity contribution is -0.125. The lowest BCUT2D eigenvalue weighted by Gasteiger charge is -2.21. The summed E-state index contributed by atoms with van der Waals surface area (Å²) in [7, 11) is 1.90. The number of carbonyl (C=O) groups excluding carboxylic acids is 1. The summed E-state index contributed by atoms with van der Waals surface area (Å²) < 4.78 is 7.29. The van der Waals surface area contributed by atoms with E-state index < -0.39 is 0 Å². The summed E-state index contributed by atoms with van der Waals surface area (Å²) in [5.41, 5.74) is 1.13. The highest BCUT2D eigenvalue weighted by atomic mass is 35.5. The maximum absolute atomic E-state index is 12.5. The summed E-state index contributed by atoms with van der Waals surface area (Å²) in [4.78, 5) is 12.5. The zero-order chi connectivity index (χ0) is 14.1. The van der Waals surface area contributed by atoms with E-state index in [2.05, 4.69) is 15.7 Å². The molecule has 1 aromatic rings. The Balaban J connectivity index is 0.00000161. The van der Waals surface area contributed by atoms with Crippen LogP contribution < -0.4 is 10.6 Å². The minimum atomic E-state index is -0.0213. The van der Waals surface area contributed by atoms with Crippen molar-refractivity contribution in [1.82, 2.24) is 20.4 Å². The predicted molar refractivity (Wildman–Crippen MR) is 81.5 cm³/mol. The van der Waals surface area contributed by atoms with Gasteiger partial charge in [0.25, 0.3) is 0 Å². The Morgan fingerprint density at radius 2 is 2.33 bits per heavy atom. The average molecular weight is 315 g/mol. The van der Waals surface area contributed by atoms with E-state index in [1.165, 1.54) is 0 Å². The van der Waals surface area contributed by atoms with Crippen molar-refractivity contribution >= 4 is 18.3 Å². The maximum atomic E-state index is 12.5. The minimum Gasteiger partial charge on any atom is -0.376 e. The third-order valence-corrected chi connectivity index (χ3v) is 4.41. The van der Waals surface area contributed by atoms with Crippen molar-refractivity contribution in [2.45, 2.75) is 31.4 Å². The number of hydrogen-bond donors (Lipinski definition) is 2. The van der Waals surface area contributed by atoms with Crippen molar-refractivity contribution in [3.8, 4) is 0 Å². The van der Waals surface area contributed by atoms with E-state index in [0.717, 1.165) is 31.7 Å². The number of rotatable bonds is 3. The molecule has 118 valence electrons. The van der Waals surface area contributed by atoms with Crippen LogP contribution in [0.25, 0.3) is 0 Å². The Labute approximate surface area is 131 Å². The minimum absolute atomic E-state index is 0. The van der Waals surface area contributed by atoms with Crippen LogP contribution in [0.4, 0.5) is 0 Å². The van der Waals surface area contributed by atoms with Crippen molar-refractivity contribution in [3.63, 3.8) is 0 Å². The SMILES string of the molecule is CC1OCCC1NC(=O)[C@H]1CNC[C@@H]1c1cnn(C)c1.Cl. The molecule has 7 heteroatoms. The molecular weight excluding hydrogens is 292 g/mol. The highest BCUT2D eigenvalue weighted by Gasteiger charge is 2.36. The normalized spacial score (nSPS) is 31.9. The molecule has 0 radical (unpaired) electrons. The number of aryl methyl sites for hydroxylation is 1. The molecular formula is C14H23ClN4O2. The fourth-order valence-electron chi connectivity index (χ4n) is 3.15. The van der Waals surface area contributed by atoms with E-state index in [0.29, 0.717) is 0 Å². The molecule has 3 rings (SSSR count).